The lowest BCUT2D eigenvalue weighted by Gasteiger charge is -2.09. The Hall–Kier alpha value is -2.85. The first-order chi connectivity index (χ1) is 12.3. The normalized spacial score (nSPS) is 10.7. The quantitative estimate of drug-likeness (QED) is 0.503. The molecule has 0 atom stereocenters. The van der Waals surface area contributed by atoms with Crippen LogP contribution in [0.3, 0.4) is 0 Å². The number of amides is 1. The van der Waals surface area contributed by atoms with Crippen molar-refractivity contribution in [2.75, 3.05) is 5.32 Å². The largest absolute Gasteiger partial charge is 0.321 e. The number of aromatic nitrogens is 1. The third-order valence-corrected chi connectivity index (χ3v) is 4.58. The zero-order valence-electron chi connectivity index (χ0n) is 13.6. The fourth-order valence-electron chi connectivity index (χ4n) is 2.24. The van der Waals surface area contributed by atoms with Crippen molar-refractivity contribution in [3.63, 3.8) is 0 Å². The maximum Gasteiger partial charge on any atom is 0.248 e. The number of hydrogen-bond acceptors (Lipinski definition) is 3. The molecule has 0 spiro atoms. The average Bonchev–Trinajstić information content (AvgIpc) is 2.67. The molecule has 0 fully saturated rings. The summed E-state index contributed by atoms with van der Waals surface area (Å²) in [6.07, 6.45) is 5.15. The van der Waals surface area contributed by atoms with Crippen LogP contribution in [0.25, 0.3) is 6.08 Å². The first-order valence-corrected chi connectivity index (χ1v) is 8.96. The maximum absolute atomic E-state index is 12.2. The smallest absolute Gasteiger partial charge is 0.248 e. The van der Waals surface area contributed by atoms with E-state index in [1.165, 1.54) is 0 Å². The summed E-state index contributed by atoms with van der Waals surface area (Å²) < 4.78 is 0. The van der Waals surface area contributed by atoms with Crippen LogP contribution in [0.1, 0.15) is 11.3 Å². The molecule has 1 N–H and O–H groups in total. The van der Waals surface area contributed by atoms with E-state index in [-0.39, 0.29) is 5.91 Å². The molecular formula is C21H18N2OS. The van der Waals surface area contributed by atoms with Crippen molar-refractivity contribution in [3.05, 3.63) is 96.3 Å². The summed E-state index contributed by atoms with van der Waals surface area (Å²) in [6, 6.07) is 23.4. The van der Waals surface area contributed by atoms with E-state index in [2.05, 4.69) is 10.3 Å². The summed E-state index contributed by atoms with van der Waals surface area (Å²) >= 11 is 1.66. The van der Waals surface area contributed by atoms with Gasteiger partial charge in [0.2, 0.25) is 5.91 Å². The van der Waals surface area contributed by atoms with E-state index < -0.39 is 0 Å². The molecule has 0 radical (unpaired) electrons. The van der Waals surface area contributed by atoms with Crippen LogP contribution in [0.5, 0.6) is 0 Å². The van der Waals surface area contributed by atoms with Gasteiger partial charge < -0.3 is 5.32 Å². The van der Waals surface area contributed by atoms with E-state index in [1.807, 2.05) is 72.8 Å². The van der Waals surface area contributed by atoms with Gasteiger partial charge in [0, 0.05) is 22.9 Å². The van der Waals surface area contributed by atoms with E-state index in [9.17, 15) is 4.79 Å². The Bertz CT molecular complexity index is 848. The molecular weight excluding hydrogens is 328 g/mol. The number of hydrogen-bond donors (Lipinski definition) is 1. The fraction of sp³-hybridized carbons (Fsp3) is 0.0476. The second kappa shape index (κ2) is 8.85. The van der Waals surface area contributed by atoms with Gasteiger partial charge in [0.25, 0.3) is 0 Å². The number of anilines is 1. The van der Waals surface area contributed by atoms with Crippen LogP contribution in [-0.4, -0.2) is 10.9 Å². The molecule has 2 aromatic carbocycles. The summed E-state index contributed by atoms with van der Waals surface area (Å²) in [6.45, 7) is 0. The first-order valence-electron chi connectivity index (χ1n) is 7.97. The Labute approximate surface area is 151 Å². The zero-order valence-corrected chi connectivity index (χ0v) is 14.4. The lowest BCUT2D eigenvalue weighted by molar-refractivity contribution is -0.111. The fourth-order valence-corrected chi connectivity index (χ4v) is 3.16. The van der Waals surface area contributed by atoms with Crippen LogP contribution >= 0.6 is 11.8 Å². The number of pyridine rings is 1. The summed E-state index contributed by atoms with van der Waals surface area (Å²) in [5, 5.41) is 2.95. The Balaban J connectivity index is 1.64. The average molecular weight is 346 g/mol. The van der Waals surface area contributed by atoms with Crippen molar-refractivity contribution < 1.29 is 4.79 Å². The molecule has 1 aromatic heterocycles. The molecule has 0 saturated heterocycles. The molecule has 0 saturated carbocycles. The van der Waals surface area contributed by atoms with Crippen LogP contribution < -0.4 is 5.32 Å². The number of benzene rings is 2. The van der Waals surface area contributed by atoms with Gasteiger partial charge in [-0.25, -0.2) is 0 Å². The van der Waals surface area contributed by atoms with Gasteiger partial charge in [0.15, 0.2) is 0 Å². The summed E-state index contributed by atoms with van der Waals surface area (Å²) in [7, 11) is 0. The van der Waals surface area contributed by atoms with E-state index in [4.69, 9.17) is 0 Å². The van der Waals surface area contributed by atoms with Gasteiger partial charge in [-0.2, -0.15) is 0 Å². The van der Waals surface area contributed by atoms with E-state index in [1.54, 1.807) is 30.1 Å². The lowest BCUT2D eigenvalue weighted by atomic mass is 10.2. The van der Waals surface area contributed by atoms with E-state index in [0.29, 0.717) is 0 Å². The standard InChI is InChI=1S/C21H18N2OS/c24-21(14-13-17-8-2-1-3-9-17)23-19-11-4-5-12-20(19)25-16-18-10-6-7-15-22-18/h1-15H,16H2,(H,23,24)/b14-13+. The molecule has 0 aliphatic carbocycles. The van der Waals surface area contributed by atoms with Crippen molar-refractivity contribution in [1.82, 2.24) is 4.98 Å². The van der Waals surface area contributed by atoms with Crippen LogP contribution in [0.2, 0.25) is 0 Å². The molecule has 3 rings (SSSR count). The Kier molecular flexibility index (Phi) is 6.01. The lowest BCUT2D eigenvalue weighted by Crippen LogP contribution is -2.08. The summed E-state index contributed by atoms with van der Waals surface area (Å²) in [5.74, 6) is 0.614. The minimum atomic E-state index is -0.144. The van der Waals surface area contributed by atoms with Crippen LogP contribution in [-0.2, 0) is 10.5 Å². The van der Waals surface area contributed by atoms with Gasteiger partial charge in [0.1, 0.15) is 0 Å². The number of carbonyl (C=O) groups is 1. The van der Waals surface area contributed by atoms with Gasteiger partial charge in [-0.05, 0) is 35.9 Å². The molecule has 124 valence electrons. The van der Waals surface area contributed by atoms with Gasteiger partial charge in [-0.3, -0.25) is 9.78 Å². The molecule has 1 amide bonds. The van der Waals surface area contributed by atoms with Crippen molar-refractivity contribution in [2.24, 2.45) is 0 Å². The van der Waals surface area contributed by atoms with E-state index >= 15 is 0 Å². The molecule has 0 aliphatic heterocycles. The second-order valence-electron chi connectivity index (χ2n) is 5.34. The highest BCUT2D eigenvalue weighted by Crippen LogP contribution is 2.29. The SMILES string of the molecule is O=C(/C=C/c1ccccc1)Nc1ccccc1SCc1ccccn1. The van der Waals surface area contributed by atoms with Crippen LogP contribution in [0.4, 0.5) is 5.69 Å². The number of nitrogens with one attached hydrogen (secondary N) is 1. The summed E-state index contributed by atoms with van der Waals surface area (Å²) in [5.41, 5.74) is 2.82. The van der Waals surface area contributed by atoms with E-state index in [0.717, 1.165) is 27.6 Å². The predicted octanol–water partition coefficient (Wildman–Crippen LogP) is 5.03. The van der Waals surface area contributed by atoms with Crippen molar-refractivity contribution in [1.29, 1.82) is 0 Å². The monoisotopic (exact) mass is 346 g/mol. The third kappa shape index (κ3) is 5.33. The van der Waals surface area contributed by atoms with Crippen molar-refractivity contribution in [3.8, 4) is 0 Å². The number of para-hydroxylation sites is 1. The minimum absolute atomic E-state index is 0.144. The molecule has 3 nitrogen and oxygen atoms in total. The highest BCUT2D eigenvalue weighted by Gasteiger charge is 2.05. The predicted molar refractivity (Wildman–Crippen MR) is 104 cm³/mol. The number of carbonyl (C=O) groups excluding carboxylic acids is 1. The highest BCUT2D eigenvalue weighted by molar-refractivity contribution is 7.98. The maximum atomic E-state index is 12.2. The second-order valence-corrected chi connectivity index (χ2v) is 6.36. The van der Waals surface area contributed by atoms with Crippen LogP contribution in [0.15, 0.2) is 90.0 Å². The first kappa shape index (κ1) is 17.0. The molecule has 0 unspecified atom stereocenters. The van der Waals surface area contributed by atoms with Crippen molar-refractivity contribution in [2.45, 2.75) is 10.6 Å². The van der Waals surface area contributed by atoms with Crippen molar-refractivity contribution >= 4 is 29.4 Å². The molecule has 3 aromatic rings. The number of nitrogens with zero attached hydrogens (tertiary/aromatic N) is 1. The Morgan fingerprint density at radius 2 is 1.72 bits per heavy atom. The Morgan fingerprint density at radius 3 is 2.52 bits per heavy atom. The van der Waals surface area contributed by atoms with Gasteiger partial charge >= 0.3 is 0 Å². The molecule has 1 heterocycles. The molecule has 4 heteroatoms. The number of rotatable bonds is 6. The Morgan fingerprint density at radius 1 is 0.960 bits per heavy atom. The molecule has 25 heavy (non-hydrogen) atoms. The molecule has 0 bridgehead atoms. The molecule has 0 aliphatic rings. The third-order valence-electron chi connectivity index (χ3n) is 3.47. The number of thioether (sulfide) groups is 1. The van der Waals surface area contributed by atoms with Gasteiger partial charge in [0.05, 0.1) is 11.4 Å². The zero-order chi connectivity index (χ0) is 17.3. The summed E-state index contributed by atoms with van der Waals surface area (Å²) in [4.78, 5) is 17.5. The highest BCUT2D eigenvalue weighted by atomic mass is 32.2. The van der Waals surface area contributed by atoms with Crippen LogP contribution in [0, 0.1) is 0 Å². The minimum Gasteiger partial charge on any atom is -0.321 e. The topological polar surface area (TPSA) is 42.0 Å². The van der Waals surface area contributed by atoms with Gasteiger partial charge in [-0.1, -0.05) is 48.5 Å². The van der Waals surface area contributed by atoms with Gasteiger partial charge in [-0.15, -0.1) is 11.8 Å².